The molecule has 0 aliphatic heterocycles. The number of sulfonamides is 1. The van der Waals surface area contributed by atoms with E-state index in [1.54, 1.807) is 0 Å². The summed E-state index contributed by atoms with van der Waals surface area (Å²) >= 11 is 0. The Balaban J connectivity index is 2.75. The van der Waals surface area contributed by atoms with Crippen molar-refractivity contribution in [2.75, 3.05) is 18.1 Å². The lowest BCUT2D eigenvalue weighted by molar-refractivity contribution is -0.137. The number of ether oxygens (including phenoxy) is 1. The van der Waals surface area contributed by atoms with Gasteiger partial charge in [0.1, 0.15) is 11.3 Å². The minimum atomic E-state index is -4.63. The molecule has 120 valence electrons. The lowest BCUT2D eigenvalue weighted by Crippen LogP contribution is -2.13. The molecule has 6 nitrogen and oxygen atoms in total. The molecule has 0 unspecified atom stereocenters. The normalized spacial score (nSPS) is 12.4. The van der Waals surface area contributed by atoms with E-state index < -0.39 is 39.2 Å². The predicted molar refractivity (Wildman–Crippen MR) is 71.0 cm³/mol. The Labute approximate surface area is 122 Å². The second-order valence-corrected chi connectivity index (χ2v) is 6.13. The van der Waals surface area contributed by atoms with Gasteiger partial charge >= 0.3 is 12.1 Å². The van der Waals surface area contributed by atoms with Gasteiger partial charge in [0, 0.05) is 5.39 Å². The van der Waals surface area contributed by atoms with Crippen LogP contribution < -0.4 is 4.72 Å². The molecule has 0 amide bonds. The highest BCUT2D eigenvalue weighted by Crippen LogP contribution is 2.37. The van der Waals surface area contributed by atoms with Crippen LogP contribution in [-0.2, 0) is 20.9 Å². The quantitative estimate of drug-likeness (QED) is 0.870. The molecule has 0 atom stereocenters. The Bertz CT molecular complexity index is 838. The third-order valence-corrected chi connectivity index (χ3v) is 3.25. The summed E-state index contributed by atoms with van der Waals surface area (Å²) in [5.74, 6) is -1.54. The van der Waals surface area contributed by atoms with Gasteiger partial charge in [0.05, 0.1) is 18.9 Å². The Kier molecular flexibility index (Phi) is 3.81. The second-order valence-electron chi connectivity index (χ2n) is 4.38. The van der Waals surface area contributed by atoms with E-state index >= 15 is 0 Å². The van der Waals surface area contributed by atoms with Gasteiger partial charge in [-0.3, -0.25) is 4.72 Å². The van der Waals surface area contributed by atoms with Crippen LogP contribution >= 0.6 is 0 Å². The zero-order valence-corrected chi connectivity index (χ0v) is 12.1. The molecule has 1 aromatic heterocycles. The van der Waals surface area contributed by atoms with Crippen molar-refractivity contribution in [3.05, 3.63) is 29.5 Å². The molecule has 10 heteroatoms. The van der Waals surface area contributed by atoms with Gasteiger partial charge in [-0.15, -0.1) is 0 Å². The summed E-state index contributed by atoms with van der Waals surface area (Å²) in [6.07, 6.45) is -3.83. The molecule has 0 bridgehead atoms. The molecule has 2 rings (SSSR count). The van der Waals surface area contributed by atoms with E-state index in [9.17, 15) is 26.4 Å². The maximum absolute atomic E-state index is 12.8. The topological polar surface area (TPSA) is 85.6 Å². The molecule has 0 spiro atoms. The maximum Gasteiger partial charge on any atom is 0.416 e. The first-order chi connectivity index (χ1) is 10.0. The van der Waals surface area contributed by atoms with Crippen LogP contribution in [0, 0.1) is 0 Å². The van der Waals surface area contributed by atoms with Gasteiger partial charge in [-0.05, 0) is 18.2 Å². The standard InChI is InChI=1S/C12H10F3NO5S/c1-20-11(17)10-9(16-22(2,18)19)7-5-6(12(13,14)15)3-4-8(7)21-10/h3-5,16H,1-2H3. The molecule has 1 aromatic carbocycles. The molecule has 0 fully saturated rings. The molecule has 0 saturated carbocycles. The number of carbonyl (C=O) groups is 1. The van der Waals surface area contributed by atoms with Gasteiger partial charge in [-0.1, -0.05) is 0 Å². The van der Waals surface area contributed by atoms with Crippen LogP contribution in [0.5, 0.6) is 0 Å². The van der Waals surface area contributed by atoms with Crippen molar-refractivity contribution in [1.29, 1.82) is 0 Å². The summed E-state index contributed by atoms with van der Waals surface area (Å²) in [5.41, 5.74) is -1.48. The molecule has 0 saturated heterocycles. The lowest BCUT2D eigenvalue weighted by atomic mass is 10.1. The number of alkyl halides is 3. The first-order valence-corrected chi connectivity index (χ1v) is 7.62. The number of rotatable bonds is 3. The summed E-state index contributed by atoms with van der Waals surface area (Å²) in [7, 11) is -2.82. The molecule has 0 aliphatic carbocycles. The van der Waals surface area contributed by atoms with Gasteiger partial charge < -0.3 is 9.15 Å². The first-order valence-electron chi connectivity index (χ1n) is 5.73. The third-order valence-electron chi connectivity index (χ3n) is 2.67. The van der Waals surface area contributed by atoms with Gasteiger partial charge in [-0.25, -0.2) is 13.2 Å². The molecule has 0 radical (unpaired) electrons. The minimum absolute atomic E-state index is 0.0837. The highest BCUT2D eigenvalue weighted by molar-refractivity contribution is 7.92. The van der Waals surface area contributed by atoms with Crippen molar-refractivity contribution in [1.82, 2.24) is 0 Å². The number of fused-ring (bicyclic) bond motifs is 1. The highest BCUT2D eigenvalue weighted by Gasteiger charge is 2.32. The Morgan fingerprint density at radius 2 is 1.95 bits per heavy atom. The van der Waals surface area contributed by atoms with Crippen molar-refractivity contribution in [2.45, 2.75) is 6.18 Å². The number of carbonyl (C=O) groups excluding carboxylic acids is 1. The summed E-state index contributed by atoms with van der Waals surface area (Å²) < 4.78 is 72.5. The van der Waals surface area contributed by atoms with E-state index in [2.05, 4.69) is 4.74 Å². The van der Waals surface area contributed by atoms with Crippen LogP contribution in [0.4, 0.5) is 18.9 Å². The number of anilines is 1. The van der Waals surface area contributed by atoms with Crippen LogP contribution in [0.1, 0.15) is 16.1 Å². The van der Waals surface area contributed by atoms with E-state index in [0.29, 0.717) is 6.07 Å². The largest absolute Gasteiger partial charge is 0.463 e. The second kappa shape index (κ2) is 5.20. The molecule has 0 aliphatic rings. The number of benzene rings is 1. The highest BCUT2D eigenvalue weighted by atomic mass is 32.2. The van der Waals surface area contributed by atoms with E-state index in [4.69, 9.17) is 4.42 Å². The predicted octanol–water partition coefficient (Wildman–Crippen LogP) is 2.61. The average Bonchev–Trinajstić information content (AvgIpc) is 2.73. The molecule has 1 N–H and O–H groups in total. The number of furan rings is 1. The lowest BCUT2D eigenvalue weighted by Gasteiger charge is -2.07. The number of hydrogen-bond acceptors (Lipinski definition) is 5. The van der Waals surface area contributed by atoms with Gasteiger partial charge in [0.25, 0.3) is 0 Å². The maximum atomic E-state index is 12.8. The summed E-state index contributed by atoms with van der Waals surface area (Å²) in [4.78, 5) is 11.6. The third kappa shape index (κ3) is 3.16. The van der Waals surface area contributed by atoms with Gasteiger partial charge in [0.15, 0.2) is 0 Å². The van der Waals surface area contributed by atoms with E-state index in [1.165, 1.54) is 0 Å². The van der Waals surface area contributed by atoms with Crippen LogP contribution in [0.2, 0.25) is 0 Å². The summed E-state index contributed by atoms with van der Waals surface area (Å²) in [6, 6.07) is 2.45. The smallest absolute Gasteiger partial charge is 0.416 e. The summed E-state index contributed by atoms with van der Waals surface area (Å²) in [6.45, 7) is 0. The number of nitrogens with one attached hydrogen (secondary N) is 1. The first kappa shape index (κ1) is 16.1. The molecule has 1 heterocycles. The van der Waals surface area contributed by atoms with Crippen LogP contribution in [-0.4, -0.2) is 27.8 Å². The van der Waals surface area contributed by atoms with Crippen molar-refractivity contribution < 1.29 is 35.5 Å². The fourth-order valence-electron chi connectivity index (χ4n) is 1.80. The summed E-state index contributed by atoms with van der Waals surface area (Å²) in [5, 5.41) is -0.194. The number of esters is 1. The van der Waals surface area contributed by atoms with Crippen LogP contribution in [0.3, 0.4) is 0 Å². The average molecular weight is 337 g/mol. The van der Waals surface area contributed by atoms with Crippen molar-refractivity contribution >= 4 is 32.6 Å². The fraction of sp³-hybridized carbons (Fsp3) is 0.250. The zero-order chi connectivity index (χ0) is 16.7. The molecule has 22 heavy (non-hydrogen) atoms. The van der Waals surface area contributed by atoms with Gasteiger partial charge in [-0.2, -0.15) is 13.2 Å². The van der Waals surface area contributed by atoms with Crippen LogP contribution in [0.25, 0.3) is 11.0 Å². The molecular formula is C12H10F3NO5S. The van der Waals surface area contributed by atoms with Crippen LogP contribution in [0.15, 0.2) is 22.6 Å². The Morgan fingerprint density at radius 3 is 2.45 bits per heavy atom. The molecular weight excluding hydrogens is 327 g/mol. The van der Waals surface area contributed by atoms with Gasteiger partial charge in [0.2, 0.25) is 15.8 Å². The van der Waals surface area contributed by atoms with E-state index in [0.717, 1.165) is 25.5 Å². The molecule has 2 aromatic rings. The van der Waals surface area contributed by atoms with Crippen molar-refractivity contribution in [3.8, 4) is 0 Å². The SMILES string of the molecule is COC(=O)c1oc2ccc(C(F)(F)F)cc2c1NS(C)(=O)=O. The van der Waals surface area contributed by atoms with Crippen molar-refractivity contribution in [3.63, 3.8) is 0 Å². The van der Waals surface area contributed by atoms with E-state index in [1.807, 2.05) is 4.72 Å². The van der Waals surface area contributed by atoms with Crippen molar-refractivity contribution in [2.24, 2.45) is 0 Å². The fourth-order valence-corrected chi connectivity index (χ4v) is 2.37. The Morgan fingerprint density at radius 1 is 1.32 bits per heavy atom. The monoisotopic (exact) mass is 337 g/mol. The van der Waals surface area contributed by atoms with E-state index in [-0.39, 0.29) is 11.0 Å². The number of methoxy groups -OCH3 is 1. The minimum Gasteiger partial charge on any atom is -0.463 e. The number of halogens is 3. The number of hydrogen-bond donors (Lipinski definition) is 1. The zero-order valence-electron chi connectivity index (χ0n) is 11.3. The Hall–Kier alpha value is -2.23.